The Labute approximate surface area is 199 Å². The van der Waals surface area contributed by atoms with E-state index in [9.17, 15) is 19.2 Å². The van der Waals surface area contributed by atoms with Crippen molar-refractivity contribution in [2.45, 2.75) is 16.1 Å². The SMILES string of the molecule is O=C(COC(=O)CN1C(=O)[C@@H]2[C@H]3C[C@@H]([C@H](Br)[C@H]3Br)[C@@H]2C1=O)Nc1cc(Cl)ccc1Cl. The van der Waals surface area contributed by atoms with E-state index in [0.29, 0.717) is 5.02 Å². The van der Waals surface area contributed by atoms with Crippen molar-refractivity contribution < 1.29 is 23.9 Å². The summed E-state index contributed by atoms with van der Waals surface area (Å²) in [5.74, 6) is -2.80. The number of alkyl halides is 2. The van der Waals surface area contributed by atoms with Crippen molar-refractivity contribution in [1.82, 2.24) is 4.90 Å². The largest absolute Gasteiger partial charge is 0.454 e. The number of carbonyl (C=O) groups is 4. The molecule has 30 heavy (non-hydrogen) atoms. The quantitative estimate of drug-likeness (QED) is 0.327. The lowest BCUT2D eigenvalue weighted by molar-refractivity contribution is -0.154. The number of imide groups is 1. The summed E-state index contributed by atoms with van der Waals surface area (Å²) >= 11 is 19.1. The lowest BCUT2D eigenvalue weighted by atomic mass is 9.81. The number of hydrogen-bond donors (Lipinski definition) is 1. The summed E-state index contributed by atoms with van der Waals surface area (Å²) in [6, 6.07) is 4.56. The summed E-state index contributed by atoms with van der Waals surface area (Å²) in [7, 11) is 0. The first-order valence-corrected chi connectivity index (χ1v) is 11.8. The summed E-state index contributed by atoms with van der Waals surface area (Å²) in [5, 5.41) is 3.15. The number of fused-ring (bicyclic) bond motifs is 5. The Balaban J connectivity index is 1.32. The van der Waals surface area contributed by atoms with E-state index in [-0.39, 0.29) is 44.0 Å². The first-order chi connectivity index (χ1) is 14.2. The molecule has 11 heteroatoms. The molecule has 1 N–H and O–H groups in total. The molecule has 0 unspecified atom stereocenters. The average Bonchev–Trinajstić information content (AvgIpc) is 3.30. The van der Waals surface area contributed by atoms with Gasteiger partial charge in [-0.25, -0.2) is 0 Å². The maximum Gasteiger partial charge on any atom is 0.326 e. The molecule has 3 fully saturated rings. The molecule has 1 aromatic carbocycles. The van der Waals surface area contributed by atoms with Crippen LogP contribution < -0.4 is 5.32 Å². The lowest BCUT2D eigenvalue weighted by Gasteiger charge is -2.28. The molecule has 0 spiro atoms. The molecule has 2 aliphatic carbocycles. The van der Waals surface area contributed by atoms with E-state index < -0.39 is 36.9 Å². The molecule has 6 atom stereocenters. The van der Waals surface area contributed by atoms with Gasteiger partial charge in [0.2, 0.25) is 11.8 Å². The number of amides is 3. The van der Waals surface area contributed by atoms with Crippen molar-refractivity contribution in [2.24, 2.45) is 23.7 Å². The number of esters is 1. The number of rotatable bonds is 5. The Bertz CT molecular complexity index is 913. The molecule has 1 aromatic rings. The first kappa shape index (κ1) is 22.0. The minimum Gasteiger partial charge on any atom is -0.454 e. The van der Waals surface area contributed by atoms with E-state index in [1.807, 2.05) is 0 Å². The summed E-state index contributed by atoms with van der Waals surface area (Å²) in [5.41, 5.74) is 0.284. The fourth-order valence-corrected chi connectivity index (χ4v) is 6.88. The third-order valence-corrected chi connectivity index (χ3v) is 9.70. The molecule has 0 aromatic heterocycles. The van der Waals surface area contributed by atoms with Gasteiger partial charge < -0.3 is 10.1 Å². The fourth-order valence-electron chi connectivity index (χ4n) is 4.67. The van der Waals surface area contributed by atoms with Crippen LogP contribution in [0, 0.1) is 23.7 Å². The van der Waals surface area contributed by atoms with Crippen molar-refractivity contribution >= 4 is 84.4 Å². The molecular formula is C19H16Br2Cl2N2O5. The number of halogens is 4. The van der Waals surface area contributed by atoms with E-state index in [0.717, 1.165) is 11.3 Å². The summed E-state index contributed by atoms with van der Waals surface area (Å²) in [6.07, 6.45) is 0.809. The summed E-state index contributed by atoms with van der Waals surface area (Å²) in [6.45, 7) is -1.09. The fraction of sp³-hybridized carbons (Fsp3) is 0.474. The number of nitrogens with zero attached hydrogens (tertiary/aromatic N) is 1. The van der Waals surface area contributed by atoms with Crippen LogP contribution in [-0.4, -0.2) is 51.4 Å². The monoisotopic (exact) mass is 580 g/mol. The number of carbonyl (C=O) groups excluding carboxylic acids is 4. The lowest BCUT2D eigenvalue weighted by Crippen LogP contribution is -2.38. The zero-order valence-electron chi connectivity index (χ0n) is 15.3. The topological polar surface area (TPSA) is 92.8 Å². The zero-order valence-corrected chi connectivity index (χ0v) is 20.0. The summed E-state index contributed by atoms with van der Waals surface area (Å²) in [4.78, 5) is 51.0. The minimum absolute atomic E-state index is 0.0649. The van der Waals surface area contributed by atoms with Crippen LogP contribution in [-0.2, 0) is 23.9 Å². The number of likely N-dealkylation sites (tertiary alicyclic amines) is 1. The van der Waals surface area contributed by atoms with Gasteiger partial charge in [-0.1, -0.05) is 55.1 Å². The molecule has 7 nitrogen and oxygen atoms in total. The molecule has 1 heterocycles. The van der Waals surface area contributed by atoms with Gasteiger partial charge in [-0.2, -0.15) is 0 Å². The van der Waals surface area contributed by atoms with E-state index in [4.69, 9.17) is 27.9 Å². The molecule has 3 amide bonds. The minimum atomic E-state index is -0.831. The number of nitrogens with one attached hydrogen (secondary N) is 1. The highest BCUT2D eigenvalue weighted by molar-refractivity contribution is 9.12. The van der Waals surface area contributed by atoms with E-state index in [1.165, 1.54) is 12.1 Å². The molecule has 0 radical (unpaired) electrons. The van der Waals surface area contributed by atoms with Gasteiger partial charge in [0.05, 0.1) is 22.5 Å². The maximum atomic E-state index is 12.8. The molecular weight excluding hydrogens is 567 g/mol. The second-order valence-electron chi connectivity index (χ2n) is 7.60. The Hall–Kier alpha value is -1.16. The normalized spacial score (nSPS) is 31.8. The average molecular weight is 583 g/mol. The standard InChI is InChI=1S/C19H16Br2Cl2N2O5/c20-16-8-4-9(17(16)21)15-14(8)18(28)25(19(15)29)5-13(27)30-6-12(26)24-11-3-7(22)1-2-10(11)23/h1-3,8-9,14-17H,4-6H2,(H,24,26)/t8-,9-,14-,15+,16+,17+/m1/s1. The van der Waals surface area contributed by atoms with E-state index >= 15 is 0 Å². The van der Waals surface area contributed by atoms with Gasteiger partial charge in [-0.15, -0.1) is 0 Å². The van der Waals surface area contributed by atoms with Crippen molar-refractivity contribution in [3.05, 3.63) is 28.2 Å². The van der Waals surface area contributed by atoms with Crippen LogP contribution >= 0.6 is 55.1 Å². The highest BCUT2D eigenvalue weighted by Crippen LogP contribution is 2.60. The first-order valence-electron chi connectivity index (χ1n) is 9.23. The smallest absolute Gasteiger partial charge is 0.326 e. The van der Waals surface area contributed by atoms with Crippen molar-refractivity contribution in [1.29, 1.82) is 0 Å². The van der Waals surface area contributed by atoms with Crippen LogP contribution in [0.15, 0.2) is 18.2 Å². The third kappa shape index (κ3) is 3.78. The predicted molar refractivity (Wildman–Crippen MR) is 117 cm³/mol. The van der Waals surface area contributed by atoms with Gasteiger partial charge in [0.1, 0.15) is 6.54 Å². The van der Waals surface area contributed by atoms with Crippen LogP contribution in [0.5, 0.6) is 0 Å². The van der Waals surface area contributed by atoms with Gasteiger partial charge in [-0.3, -0.25) is 24.1 Å². The third-order valence-electron chi connectivity index (χ3n) is 5.93. The predicted octanol–water partition coefficient (Wildman–Crippen LogP) is 3.25. The van der Waals surface area contributed by atoms with Crippen molar-refractivity contribution in [3.8, 4) is 0 Å². The highest BCUT2D eigenvalue weighted by atomic mass is 79.9. The Kier molecular flexibility index (Phi) is 6.18. The number of benzene rings is 1. The molecule has 2 bridgehead atoms. The molecule has 1 saturated heterocycles. The molecule has 1 aliphatic heterocycles. The molecule has 2 saturated carbocycles. The van der Waals surface area contributed by atoms with E-state index in [2.05, 4.69) is 37.2 Å². The van der Waals surface area contributed by atoms with Crippen LogP contribution in [0.2, 0.25) is 10.0 Å². The van der Waals surface area contributed by atoms with Gasteiger partial charge in [0.25, 0.3) is 5.91 Å². The Morgan fingerprint density at radius 1 is 1.10 bits per heavy atom. The van der Waals surface area contributed by atoms with E-state index in [1.54, 1.807) is 6.07 Å². The highest BCUT2D eigenvalue weighted by Gasteiger charge is 2.66. The maximum absolute atomic E-state index is 12.8. The van der Waals surface area contributed by atoms with Crippen LogP contribution in [0.25, 0.3) is 0 Å². The van der Waals surface area contributed by atoms with Crippen LogP contribution in [0.1, 0.15) is 6.42 Å². The molecule has 4 rings (SSSR count). The van der Waals surface area contributed by atoms with Crippen LogP contribution in [0.3, 0.4) is 0 Å². The molecule has 3 aliphatic rings. The molecule has 160 valence electrons. The number of ether oxygens (including phenoxy) is 1. The van der Waals surface area contributed by atoms with Crippen molar-refractivity contribution in [2.75, 3.05) is 18.5 Å². The number of hydrogen-bond acceptors (Lipinski definition) is 5. The van der Waals surface area contributed by atoms with Gasteiger partial charge in [0.15, 0.2) is 6.61 Å². The number of anilines is 1. The second-order valence-corrected chi connectivity index (χ2v) is 10.6. The Morgan fingerprint density at radius 2 is 1.70 bits per heavy atom. The second kappa shape index (κ2) is 8.41. The zero-order chi connectivity index (χ0) is 21.7. The van der Waals surface area contributed by atoms with Gasteiger partial charge in [0, 0.05) is 14.7 Å². The Morgan fingerprint density at radius 3 is 2.30 bits per heavy atom. The van der Waals surface area contributed by atoms with Gasteiger partial charge >= 0.3 is 5.97 Å². The van der Waals surface area contributed by atoms with Crippen molar-refractivity contribution in [3.63, 3.8) is 0 Å². The summed E-state index contributed by atoms with van der Waals surface area (Å²) < 4.78 is 4.95. The van der Waals surface area contributed by atoms with Gasteiger partial charge in [-0.05, 0) is 36.5 Å². The van der Waals surface area contributed by atoms with Crippen LogP contribution in [0.4, 0.5) is 5.69 Å².